The number of rotatable bonds is 21. The molecular formula is C54H67Cl2FN12O5S. The summed E-state index contributed by atoms with van der Waals surface area (Å²) in [6.07, 6.45) is 12.3. The molecule has 17 nitrogen and oxygen atoms in total. The van der Waals surface area contributed by atoms with E-state index in [9.17, 15) is 23.9 Å². The third kappa shape index (κ3) is 14.1. The molecule has 6 heterocycles. The van der Waals surface area contributed by atoms with Crippen LogP contribution in [0.25, 0.3) is 21.6 Å². The number of nitrogens with zero attached hydrogens (tertiary/aromatic N) is 9. The Hall–Kier alpha value is -5.99. The Morgan fingerprint density at radius 3 is 2.55 bits per heavy atom. The number of hydrogen-bond donors (Lipinski definition) is 4. The number of nitrogen functional groups attached to an aromatic ring is 1. The number of aliphatic hydroxyl groups excluding tert-OH is 1. The van der Waals surface area contributed by atoms with Crippen LogP contribution >= 0.6 is 34.5 Å². The summed E-state index contributed by atoms with van der Waals surface area (Å²) in [4.78, 5) is 54.6. The summed E-state index contributed by atoms with van der Waals surface area (Å²) in [6, 6.07) is 10.8. The first kappa shape index (κ1) is 55.2. The predicted molar refractivity (Wildman–Crippen MR) is 288 cm³/mol. The third-order valence-electron chi connectivity index (χ3n) is 14.0. The van der Waals surface area contributed by atoms with E-state index in [1.807, 2.05) is 85.4 Å². The van der Waals surface area contributed by atoms with Gasteiger partial charge in [-0.2, -0.15) is 5.10 Å². The highest BCUT2D eigenvalue weighted by molar-refractivity contribution is 7.13. The fraction of sp³-hybridized carbons (Fsp3) is 0.481. The zero-order valence-electron chi connectivity index (χ0n) is 43.1. The molecule has 0 spiro atoms. The van der Waals surface area contributed by atoms with E-state index in [4.69, 9.17) is 38.8 Å². The topological polar surface area (TPSA) is 212 Å². The lowest BCUT2D eigenvalue weighted by atomic mass is 9.85. The molecule has 3 unspecified atom stereocenters. The number of likely N-dealkylation sites (tertiary alicyclic amines) is 2. The van der Waals surface area contributed by atoms with Crippen molar-refractivity contribution >= 4 is 58.1 Å². The summed E-state index contributed by atoms with van der Waals surface area (Å²) >= 11 is 14.2. The smallest absolute Gasteiger partial charge is 0.246 e. The van der Waals surface area contributed by atoms with Crippen molar-refractivity contribution in [1.82, 2.24) is 55.2 Å². The molecule has 2 aromatic carbocycles. The maximum Gasteiger partial charge on any atom is 0.246 e. The highest BCUT2D eigenvalue weighted by Crippen LogP contribution is 2.38. The Kier molecular flexibility index (Phi) is 18.3. The summed E-state index contributed by atoms with van der Waals surface area (Å²) in [5.74, 6) is -1.04. The molecule has 2 saturated heterocycles. The van der Waals surface area contributed by atoms with E-state index in [-0.39, 0.29) is 65.6 Å². The van der Waals surface area contributed by atoms with Gasteiger partial charge in [-0.3, -0.25) is 23.7 Å². The average molecular weight is 1090 g/mol. The second kappa shape index (κ2) is 24.8. The summed E-state index contributed by atoms with van der Waals surface area (Å²) in [5, 5.41) is 30.3. The number of hydrogen-bond acceptors (Lipinski definition) is 13. The number of aliphatic hydroxyl groups is 1. The number of piperidine rings is 1. The maximum absolute atomic E-state index is 14.2. The van der Waals surface area contributed by atoms with Gasteiger partial charge in [0.1, 0.15) is 24.0 Å². The maximum atomic E-state index is 14.2. The number of carbonyl (C=O) groups excluding carboxylic acids is 3. The summed E-state index contributed by atoms with van der Waals surface area (Å²) in [5.41, 5.74) is 13.2. The second-order valence-electron chi connectivity index (χ2n) is 20.8. The van der Waals surface area contributed by atoms with E-state index in [1.54, 1.807) is 30.5 Å². The van der Waals surface area contributed by atoms with Crippen molar-refractivity contribution in [2.45, 2.75) is 136 Å². The number of nitrogens with two attached hydrogens (primary N) is 1. The molecule has 75 heavy (non-hydrogen) atoms. The molecular weight excluding hydrogens is 1020 g/mol. The van der Waals surface area contributed by atoms with Gasteiger partial charge in [0.15, 0.2) is 11.6 Å². The number of halogens is 3. The van der Waals surface area contributed by atoms with Crippen molar-refractivity contribution in [3.05, 3.63) is 111 Å². The minimum atomic E-state index is -0.882. The van der Waals surface area contributed by atoms with Crippen LogP contribution in [0.4, 0.5) is 10.2 Å². The van der Waals surface area contributed by atoms with Crippen molar-refractivity contribution < 1.29 is 28.6 Å². The molecule has 0 saturated carbocycles. The molecule has 8 rings (SSSR count). The number of unbranched alkanes of at least 4 members (excludes halogenated alkanes) is 2. The zero-order valence-corrected chi connectivity index (χ0v) is 45.5. The molecule has 0 bridgehead atoms. The molecule has 400 valence electrons. The van der Waals surface area contributed by atoms with Gasteiger partial charge in [0, 0.05) is 79.3 Å². The van der Waals surface area contributed by atoms with Crippen LogP contribution in [0.2, 0.25) is 10.0 Å². The van der Waals surface area contributed by atoms with Crippen molar-refractivity contribution in [3.63, 3.8) is 0 Å². The second-order valence-corrected chi connectivity index (χ2v) is 22.4. The highest BCUT2D eigenvalue weighted by atomic mass is 35.5. The monoisotopic (exact) mass is 1080 g/mol. The fourth-order valence-corrected chi connectivity index (χ4v) is 11.3. The molecule has 2 fully saturated rings. The van der Waals surface area contributed by atoms with Gasteiger partial charge >= 0.3 is 0 Å². The van der Waals surface area contributed by atoms with E-state index >= 15 is 0 Å². The van der Waals surface area contributed by atoms with Crippen molar-refractivity contribution in [3.8, 4) is 27.3 Å². The van der Waals surface area contributed by atoms with Crippen LogP contribution in [0.15, 0.2) is 72.8 Å². The Morgan fingerprint density at radius 1 is 0.987 bits per heavy atom. The number of anilines is 1. The summed E-state index contributed by atoms with van der Waals surface area (Å²) in [7, 11) is 0. The minimum Gasteiger partial charge on any atom is -0.482 e. The average Bonchev–Trinajstić information content (AvgIpc) is 4.23. The third-order valence-corrected chi connectivity index (χ3v) is 15.6. The normalized spacial score (nSPS) is 18.0. The standard InChI is InChI=1S/C54H67Cl2FN12O5S/c1-33-49(75-32-61-33)36-16-14-35(15-17-36)25-60-52(72)44-24-41(70)31-68(44)53(73)50(54(3,4)5)63-46(71)13-7-6-8-22-67-29-39(64-65-67)11-9-20-66-21-10-12-40(30-66)69-28-38(27-62-69)37-23-45(51(58)59-26-37)74-34(2)47-42(55)18-19-43(57)48(47)56/h14-19,23,26-29,32,34,40-41,44,50,70H,6-13,20-22,24-25,30-31H2,1-5H3,(H2,58,59)(H,60,72)(H,63,71)/t34?,40?,41-,44+,50?/m1/s1. The molecule has 2 aliphatic heterocycles. The number of thiazole rings is 1. The van der Waals surface area contributed by atoms with Gasteiger partial charge in [0.05, 0.1) is 45.1 Å². The molecule has 21 heteroatoms. The van der Waals surface area contributed by atoms with Crippen LogP contribution in [0.5, 0.6) is 5.75 Å². The number of carbonyl (C=O) groups is 3. The number of aryl methyl sites for hydroxylation is 3. The number of amides is 3. The van der Waals surface area contributed by atoms with Gasteiger partial charge in [-0.1, -0.05) is 79.9 Å². The van der Waals surface area contributed by atoms with Gasteiger partial charge in [0.2, 0.25) is 17.7 Å². The van der Waals surface area contributed by atoms with Gasteiger partial charge in [0.25, 0.3) is 0 Å². The van der Waals surface area contributed by atoms with Crippen LogP contribution in [0, 0.1) is 18.2 Å². The molecule has 0 radical (unpaired) electrons. The van der Waals surface area contributed by atoms with E-state index in [0.29, 0.717) is 24.3 Å². The van der Waals surface area contributed by atoms with Crippen molar-refractivity contribution in [2.24, 2.45) is 5.41 Å². The number of ether oxygens (including phenoxy) is 1. The van der Waals surface area contributed by atoms with Gasteiger partial charge in [-0.25, -0.2) is 14.4 Å². The lowest BCUT2D eigenvalue weighted by Crippen LogP contribution is -2.57. The largest absolute Gasteiger partial charge is 0.482 e. The quantitative estimate of drug-likeness (QED) is 0.0394. The molecule has 3 amide bonds. The zero-order chi connectivity index (χ0) is 53.4. The Labute approximate surface area is 451 Å². The number of nitrogens with one attached hydrogen (secondary N) is 2. The Morgan fingerprint density at radius 2 is 1.79 bits per heavy atom. The lowest BCUT2D eigenvalue weighted by molar-refractivity contribution is -0.144. The van der Waals surface area contributed by atoms with Gasteiger partial charge in [-0.05, 0) is 100 Å². The molecule has 2 aliphatic rings. The predicted octanol–water partition coefficient (Wildman–Crippen LogP) is 8.78. The van der Waals surface area contributed by atoms with Crippen LogP contribution in [0.3, 0.4) is 0 Å². The number of aromatic nitrogens is 7. The van der Waals surface area contributed by atoms with Crippen molar-refractivity contribution in [1.29, 1.82) is 0 Å². The SMILES string of the molecule is Cc1ncsc1-c1ccc(CNC(=O)[C@@H]2C[C@@H](O)CN2C(=O)C(NC(=O)CCCCCn2cc(CCCN3CCCC(n4cc(-c5cnc(N)c(OC(C)c6c(Cl)ccc(F)c6Cl)c5)cn4)C3)nn2)C(C)(C)C)cc1. The first-order valence-electron chi connectivity index (χ1n) is 25.7. The van der Waals surface area contributed by atoms with E-state index in [2.05, 4.69) is 35.8 Å². The molecule has 0 aliphatic carbocycles. The molecule has 5 N–H and O–H groups in total. The Bertz CT molecular complexity index is 2930. The van der Waals surface area contributed by atoms with E-state index < -0.39 is 35.5 Å². The minimum absolute atomic E-state index is 0.0158. The number of benzene rings is 2. The van der Waals surface area contributed by atoms with E-state index in [1.165, 1.54) is 17.0 Å². The van der Waals surface area contributed by atoms with Crippen LogP contribution in [0.1, 0.15) is 114 Å². The van der Waals surface area contributed by atoms with Gasteiger partial charge in [-0.15, -0.1) is 16.4 Å². The van der Waals surface area contributed by atoms with Crippen molar-refractivity contribution in [2.75, 3.05) is 31.9 Å². The summed E-state index contributed by atoms with van der Waals surface area (Å²) < 4.78 is 24.2. The number of pyridine rings is 1. The Balaban J connectivity index is 0.738. The first-order chi connectivity index (χ1) is 35.9. The molecule has 4 aromatic heterocycles. The van der Waals surface area contributed by atoms with Crippen LogP contribution in [-0.4, -0.2) is 112 Å². The lowest BCUT2D eigenvalue weighted by Gasteiger charge is -2.35. The number of β-amino-alcohol motifs (C(OH)–C–C–N with tert-alkyl or cyclic N) is 1. The first-order valence-corrected chi connectivity index (χ1v) is 27.3. The molecule has 5 atom stereocenters. The highest BCUT2D eigenvalue weighted by Gasteiger charge is 2.44. The van der Waals surface area contributed by atoms with E-state index in [0.717, 1.165) is 96.7 Å². The van der Waals surface area contributed by atoms with Gasteiger partial charge < -0.3 is 36.0 Å². The fourth-order valence-electron chi connectivity index (χ4n) is 9.80. The van der Waals surface area contributed by atoms with Crippen LogP contribution in [-0.2, 0) is 33.9 Å². The molecule has 6 aromatic rings. The van der Waals surface area contributed by atoms with Crippen LogP contribution < -0.4 is 21.1 Å². The summed E-state index contributed by atoms with van der Waals surface area (Å²) in [6.45, 7) is 13.1.